The molecule has 2 N–H and O–H groups in total. The second kappa shape index (κ2) is 7.85. The van der Waals surface area contributed by atoms with Crippen molar-refractivity contribution in [2.75, 3.05) is 20.2 Å². The Labute approximate surface area is 148 Å². The molecule has 6 nitrogen and oxygen atoms in total. The van der Waals surface area contributed by atoms with Crippen LogP contribution >= 0.6 is 0 Å². The van der Waals surface area contributed by atoms with Crippen LogP contribution in [0.25, 0.3) is 0 Å². The second-order valence-electron chi connectivity index (χ2n) is 6.98. The number of methoxy groups -OCH3 is 1. The van der Waals surface area contributed by atoms with E-state index in [2.05, 4.69) is 16.3 Å². The smallest absolute Gasteiger partial charge is 0.249 e. The normalized spacial score (nSPS) is 19.9. The van der Waals surface area contributed by atoms with Crippen LogP contribution in [-0.4, -0.2) is 48.3 Å². The minimum Gasteiger partial charge on any atom is -0.496 e. The topological polar surface area (TPSA) is 85.6 Å². The van der Waals surface area contributed by atoms with Crippen LogP contribution in [0.5, 0.6) is 5.75 Å². The molecule has 0 unspecified atom stereocenters. The third-order valence-electron chi connectivity index (χ3n) is 5.08. The van der Waals surface area contributed by atoms with Gasteiger partial charge in [0.15, 0.2) is 0 Å². The maximum atomic E-state index is 12.0. The van der Waals surface area contributed by atoms with Gasteiger partial charge in [0.1, 0.15) is 11.9 Å². The molecule has 1 saturated heterocycles. The Morgan fingerprint density at radius 2 is 2.12 bits per heavy atom. The van der Waals surface area contributed by atoms with Gasteiger partial charge in [-0.05, 0) is 56.8 Å². The van der Waals surface area contributed by atoms with Crippen LogP contribution in [0.2, 0.25) is 0 Å². The Morgan fingerprint density at radius 3 is 2.72 bits per heavy atom. The number of nitriles is 1. The molecular weight excluding hydrogens is 318 g/mol. The average molecular weight is 343 g/mol. The lowest BCUT2D eigenvalue weighted by atomic mass is 9.90. The Bertz CT molecular complexity index is 658. The van der Waals surface area contributed by atoms with E-state index in [0.717, 1.165) is 56.6 Å². The van der Waals surface area contributed by atoms with E-state index < -0.39 is 6.10 Å². The molecule has 0 radical (unpaired) electrons. The number of amides is 1. The lowest BCUT2D eigenvalue weighted by molar-refractivity contribution is -0.133. The Morgan fingerprint density at radius 1 is 1.40 bits per heavy atom. The molecule has 1 aromatic rings. The Hall–Kier alpha value is -2.10. The summed E-state index contributed by atoms with van der Waals surface area (Å²) in [5.41, 5.74) is 1.64. The molecule has 25 heavy (non-hydrogen) atoms. The predicted molar refractivity (Wildman–Crippen MR) is 92.9 cm³/mol. The number of aliphatic hydroxyl groups is 1. The average Bonchev–Trinajstić information content (AvgIpc) is 3.46. The van der Waals surface area contributed by atoms with E-state index in [9.17, 15) is 9.90 Å². The number of nitrogens with one attached hydrogen (secondary N) is 1. The number of carbonyl (C=O) groups is 1. The summed E-state index contributed by atoms with van der Waals surface area (Å²) in [5, 5.41) is 22.1. The molecule has 1 atom stereocenters. The number of ether oxygens (including phenoxy) is 1. The van der Waals surface area contributed by atoms with Crippen molar-refractivity contribution in [2.24, 2.45) is 5.92 Å². The predicted octanol–water partition coefficient (Wildman–Crippen LogP) is 1.42. The van der Waals surface area contributed by atoms with Crippen LogP contribution in [0.1, 0.15) is 36.8 Å². The maximum absolute atomic E-state index is 12.0. The largest absolute Gasteiger partial charge is 0.496 e. The molecule has 2 aliphatic rings. The maximum Gasteiger partial charge on any atom is 0.249 e. The standard InChI is InChI=1S/C19H25N3O3/c1-25-17-10-13(11-20)2-3-15(17)12-22-8-6-14(7-9-22)18(23)19(24)21-16-4-5-16/h2-3,10,14,16,18,23H,4-9,12H2,1H3,(H,21,24)/t18-/m0/s1. The molecule has 2 fully saturated rings. The minimum atomic E-state index is -0.896. The fourth-order valence-electron chi connectivity index (χ4n) is 3.34. The van der Waals surface area contributed by atoms with Gasteiger partial charge in [0.2, 0.25) is 5.91 Å². The summed E-state index contributed by atoms with van der Waals surface area (Å²) in [7, 11) is 1.61. The number of hydrogen-bond acceptors (Lipinski definition) is 5. The molecule has 0 bridgehead atoms. The van der Waals surface area contributed by atoms with E-state index in [4.69, 9.17) is 10.00 Å². The fourth-order valence-corrected chi connectivity index (χ4v) is 3.34. The lowest BCUT2D eigenvalue weighted by Gasteiger charge is -2.34. The van der Waals surface area contributed by atoms with E-state index in [0.29, 0.717) is 5.56 Å². The first kappa shape index (κ1) is 17.7. The van der Waals surface area contributed by atoms with E-state index in [1.165, 1.54) is 0 Å². The molecule has 1 saturated carbocycles. The van der Waals surface area contributed by atoms with Crippen molar-refractivity contribution in [3.8, 4) is 11.8 Å². The van der Waals surface area contributed by atoms with Crippen LogP contribution in [0.3, 0.4) is 0 Å². The van der Waals surface area contributed by atoms with Gasteiger partial charge in [-0.1, -0.05) is 6.07 Å². The quantitative estimate of drug-likeness (QED) is 0.816. The molecular formula is C19H25N3O3. The molecule has 1 aliphatic heterocycles. The number of aliphatic hydroxyl groups excluding tert-OH is 1. The van der Waals surface area contributed by atoms with Gasteiger partial charge in [-0.15, -0.1) is 0 Å². The van der Waals surface area contributed by atoms with E-state index in [1.807, 2.05) is 6.07 Å². The number of rotatable bonds is 6. The van der Waals surface area contributed by atoms with Crippen LogP contribution < -0.4 is 10.1 Å². The zero-order chi connectivity index (χ0) is 17.8. The van der Waals surface area contributed by atoms with E-state index in [-0.39, 0.29) is 17.9 Å². The summed E-state index contributed by atoms with van der Waals surface area (Å²) in [6.45, 7) is 2.41. The number of carbonyl (C=O) groups excluding carboxylic acids is 1. The van der Waals surface area contributed by atoms with Gasteiger partial charge in [0.05, 0.1) is 18.7 Å². The number of benzene rings is 1. The zero-order valence-electron chi connectivity index (χ0n) is 14.6. The monoisotopic (exact) mass is 343 g/mol. The molecule has 3 rings (SSSR count). The Kier molecular flexibility index (Phi) is 5.57. The van der Waals surface area contributed by atoms with Crippen LogP contribution in [0.15, 0.2) is 18.2 Å². The fraction of sp³-hybridized carbons (Fsp3) is 0.579. The van der Waals surface area contributed by atoms with Crippen molar-refractivity contribution >= 4 is 5.91 Å². The van der Waals surface area contributed by atoms with E-state index >= 15 is 0 Å². The summed E-state index contributed by atoms with van der Waals surface area (Å²) in [5.74, 6) is 0.539. The number of nitrogens with zero attached hydrogens (tertiary/aromatic N) is 2. The summed E-state index contributed by atoms with van der Waals surface area (Å²) < 4.78 is 5.39. The van der Waals surface area contributed by atoms with E-state index in [1.54, 1.807) is 19.2 Å². The van der Waals surface area contributed by atoms with Gasteiger partial charge in [-0.2, -0.15) is 5.26 Å². The first-order valence-electron chi connectivity index (χ1n) is 8.88. The van der Waals surface area contributed by atoms with Crippen LogP contribution in [0, 0.1) is 17.2 Å². The van der Waals surface area contributed by atoms with Crippen molar-refractivity contribution < 1.29 is 14.6 Å². The third-order valence-corrected chi connectivity index (χ3v) is 5.08. The summed E-state index contributed by atoms with van der Waals surface area (Å²) >= 11 is 0. The Balaban J connectivity index is 1.52. The molecule has 134 valence electrons. The van der Waals surface area contributed by atoms with Crippen molar-refractivity contribution in [1.29, 1.82) is 5.26 Å². The molecule has 1 aromatic carbocycles. The highest BCUT2D eigenvalue weighted by molar-refractivity contribution is 5.81. The third kappa shape index (κ3) is 4.50. The second-order valence-corrected chi connectivity index (χ2v) is 6.98. The highest BCUT2D eigenvalue weighted by atomic mass is 16.5. The first-order chi connectivity index (χ1) is 12.1. The van der Waals surface area contributed by atoms with Crippen LogP contribution in [0.4, 0.5) is 0 Å². The summed E-state index contributed by atoms with van der Waals surface area (Å²) in [4.78, 5) is 14.3. The van der Waals surface area contributed by atoms with Crippen LogP contribution in [-0.2, 0) is 11.3 Å². The highest BCUT2D eigenvalue weighted by Crippen LogP contribution is 2.27. The summed E-state index contributed by atoms with van der Waals surface area (Å²) in [6, 6.07) is 7.90. The summed E-state index contributed by atoms with van der Waals surface area (Å²) in [6.07, 6.45) is 2.77. The van der Waals surface area contributed by atoms with Crippen molar-refractivity contribution in [1.82, 2.24) is 10.2 Å². The lowest BCUT2D eigenvalue weighted by Crippen LogP contribution is -2.44. The van der Waals surface area contributed by atoms with Crippen molar-refractivity contribution in [3.05, 3.63) is 29.3 Å². The molecule has 6 heteroatoms. The molecule has 0 spiro atoms. The molecule has 1 amide bonds. The molecule has 1 aliphatic carbocycles. The van der Waals surface area contributed by atoms with Gasteiger partial charge >= 0.3 is 0 Å². The SMILES string of the molecule is COc1cc(C#N)ccc1CN1CCC([C@H](O)C(=O)NC2CC2)CC1. The molecule has 0 aromatic heterocycles. The highest BCUT2D eigenvalue weighted by Gasteiger charge is 2.33. The molecule has 1 heterocycles. The van der Waals surface area contributed by atoms with Gasteiger partial charge in [-0.3, -0.25) is 9.69 Å². The van der Waals surface area contributed by atoms with Gasteiger partial charge in [-0.25, -0.2) is 0 Å². The number of piperidine rings is 1. The van der Waals surface area contributed by atoms with Crippen molar-refractivity contribution in [3.63, 3.8) is 0 Å². The number of likely N-dealkylation sites (tertiary alicyclic amines) is 1. The zero-order valence-corrected chi connectivity index (χ0v) is 14.6. The van der Waals surface area contributed by atoms with Crippen molar-refractivity contribution in [2.45, 2.75) is 44.4 Å². The van der Waals surface area contributed by atoms with Gasteiger partial charge in [0.25, 0.3) is 0 Å². The van der Waals surface area contributed by atoms with Gasteiger partial charge < -0.3 is 15.2 Å². The van der Waals surface area contributed by atoms with Gasteiger partial charge in [0, 0.05) is 18.2 Å². The first-order valence-corrected chi connectivity index (χ1v) is 8.88. The number of hydrogen-bond donors (Lipinski definition) is 2. The minimum absolute atomic E-state index is 0.0258.